The van der Waals surface area contributed by atoms with Gasteiger partial charge in [0.2, 0.25) is 5.91 Å². The number of aromatic nitrogens is 2. The third kappa shape index (κ3) is 4.51. The molecule has 2 aliphatic rings. The lowest BCUT2D eigenvalue weighted by Gasteiger charge is -2.58. The predicted molar refractivity (Wildman–Crippen MR) is 128 cm³/mol. The first-order chi connectivity index (χ1) is 15.8. The minimum Gasteiger partial charge on any atom is -0.396 e. The zero-order valence-electron chi connectivity index (χ0n) is 19.5. The van der Waals surface area contributed by atoms with Crippen molar-refractivity contribution < 1.29 is 19.7 Å². The quantitative estimate of drug-likeness (QED) is 0.435. The largest absolute Gasteiger partial charge is 0.396 e. The van der Waals surface area contributed by atoms with Crippen LogP contribution >= 0.6 is 11.3 Å². The van der Waals surface area contributed by atoms with Gasteiger partial charge in [-0.15, -0.1) is 11.3 Å². The van der Waals surface area contributed by atoms with Crippen molar-refractivity contribution in [1.29, 1.82) is 0 Å². The van der Waals surface area contributed by atoms with E-state index in [1.165, 1.54) is 0 Å². The summed E-state index contributed by atoms with van der Waals surface area (Å²) in [7, 11) is 1.61. The number of anilines is 2. The Hall–Kier alpha value is -2.07. The molecule has 9 heteroatoms. The summed E-state index contributed by atoms with van der Waals surface area (Å²) in [5, 5.41) is 28.3. The van der Waals surface area contributed by atoms with E-state index in [0.29, 0.717) is 26.0 Å². The summed E-state index contributed by atoms with van der Waals surface area (Å²) in [4.78, 5) is 23.1. The first kappa shape index (κ1) is 24.1. The minimum absolute atomic E-state index is 0.0310. The van der Waals surface area contributed by atoms with Crippen molar-refractivity contribution in [1.82, 2.24) is 15.3 Å². The number of hydrogen-bond donors (Lipinski definition) is 4. The van der Waals surface area contributed by atoms with Crippen LogP contribution in [0.1, 0.15) is 49.6 Å². The fraction of sp³-hybridized carbons (Fsp3) is 0.625. The van der Waals surface area contributed by atoms with Crippen LogP contribution in [0.15, 0.2) is 24.5 Å². The molecule has 33 heavy (non-hydrogen) atoms. The first-order valence-corrected chi connectivity index (χ1v) is 12.3. The van der Waals surface area contributed by atoms with E-state index in [1.54, 1.807) is 30.8 Å². The summed E-state index contributed by atoms with van der Waals surface area (Å²) in [5.41, 5.74) is 0.929. The molecule has 0 unspecified atom stereocenters. The molecule has 2 heterocycles. The van der Waals surface area contributed by atoms with E-state index < -0.39 is 11.5 Å². The molecule has 0 radical (unpaired) electrons. The van der Waals surface area contributed by atoms with E-state index in [2.05, 4.69) is 22.5 Å². The average Bonchev–Trinajstić information content (AvgIpc) is 3.21. The molecule has 1 amide bonds. The average molecular weight is 475 g/mol. The lowest BCUT2D eigenvalue weighted by Crippen LogP contribution is -2.57. The standard InChI is InChI=1S/C24H34N4O4S/c1-23-7-6-19(30)24(2,14-29)18(23)12-17-21(16(23)11-20(31)26-9-10-32-3)28-22(33-17)27-15-5-4-8-25-13-15/h4-5,8,13,16,18-19,29-30H,6-7,9-12,14H2,1-3H3,(H,26,31)(H,27,28)/t16-,18+,19-,23+,24+/m1/s1. The van der Waals surface area contributed by atoms with Crippen molar-refractivity contribution in [3.05, 3.63) is 35.1 Å². The minimum atomic E-state index is -0.629. The highest BCUT2D eigenvalue weighted by molar-refractivity contribution is 7.15. The van der Waals surface area contributed by atoms with Crippen molar-refractivity contribution in [3.63, 3.8) is 0 Å². The number of aliphatic hydroxyl groups is 2. The number of fused-ring (bicyclic) bond motifs is 2. The van der Waals surface area contributed by atoms with Crippen LogP contribution < -0.4 is 10.6 Å². The molecule has 5 atom stereocenters. The van der Waals surface area contributed by atoms with Gasteiger partial charge in [0.15, 0.2) is 5.13 Å². The summed E-state index contributed by atoms with van der Waals surface area (Å²) in [6.07, 6.45) is 5.34. The molecule has 4 rings (SSSR count). The van der Waals surface area contributed by atoms with Gasteiger partial charge in [0.1, 0.15) is 0 Å². The Bertz CT molecular complexity index is 971. The summed E-state index contributed by atoms with van der Waals surface area (Å²) in [6, 6.07) is 3.81. The third-order valence-electron chi connectivity index (χ3n) is 7.82. The molecule has 0 aliphatic heterocycles. The Balaban J connectivity index is 1.70. The number of rotatable bonds is 8. The number of aliphatic hydroxyl groups excluding tert-OH is 2. The molecular formula is C24H34N4O4S. The predicted octanol–water partition coefficient (Wildman–Crippen LogP) is 2.85. The smallest absolute Gasteiger partial charge is 0.220 e. The lowest BCUT2D eigenvalue weighted by molar-refractivity contribution is -0.144. The molecule has 4 N–H and O–H groups in total. The maximum Gasteiger partial charge on any atom is 0.220 e. The normalized spacial score (nSPS) is 30.9. The number of carbonyl (C=O) groups excluding carboxylic acids is 1. The maximum atomic E-state index is 12.9. The molecule has 1 saturated carbocycles. The first-order valence-electron chi connectivity index (χ1n) is 11.5. The van der Waals surface area contributed by atoms with Crippen LogP contribution in [0, 0.1) is 16.7 Å². The van der Waals surface area contributed by atoms with Gasteiger partial charge in [0.05, 0.1) is 36.9 Å². The van der Waals surface area contributed by atoms with Gasteiger partial charge in [-0.3, -0.25) is 9.78 Å². The van der Waals surface area contributed by atoms with E-state index in [0.717, 1.165) is 34.2 Å². The number of thiazole rings is 1. The fourth-order valence-electron chi connectivity index (χ4n) is 5.81. The Morgan fingerprint density at radius 3 is 2.91 bits per heavy atom. The lowest BCUT2D eigenvalue weighted by atomic mass is 9.47. The van der Waals surface area contributed by atoms with Gasteiger partial charge in [-0.05, 0) is 42.7 Å². The Morgan fingerprint density at radius 2 is 2.21 bits per heavy atom. The fourth-order valence-corrected chi connectivity index (χ4v) is 6.90. The number of methoxy groups -OCH3 is 1. The van der Waals surface area contributed by atoms with Crippen LogP contribution in [0.5, 0.6) is 0 Å². The number of ether oxygens (including phenoxy) is 1. The second-order valence-corrected chi connectivity index (χ2v) is 10.9. The summed E-state index contributed by atoms with van der Waals surface area (Å²) < 4.78 is 5.06. The molecule has 2 aromatic heterocycles. The maximum absolute atomic E-state index is 12.9. The second-order valence-electron chi connectivity index (χ2n) is 9.77. The van der Waals surface area contributed by atoms with E-state index in [-0.39, 0.29) is 29.8 Å². The zero-order chi connectivity index (χ0) is 23.6. The number of nitrogens with one attached hydrogen (secondary N) is 2. The number of hydrogen-bond acceptors (Lipinski definition) is 8. The van der Waals surface area contributed by atoms with Gasteiger partial charge in [0.25, 0.3) is 0 Å². The van der Waals surface area contributed by atoms with Crippen LogP contribution in [-0.2, 0) is 16.0 Å². The zero-order valence-corrected chi connectivity index (χ0v) is 20.3. The van der Waals surface area contributed by atoms with E-state index >= 15 is 0 Å². The van der Waals surface area contributed by atoms with Crippen molar-refractivity contribution in [2.45, 2.75) is 51.6 Å². The van der Waals surface area contributed by atoms with Crippen LogP contribution in [0.2, 0.25) is 0 Å². The van der Waals surface area contributed by atoms with Crippen LogP contribution in [0.4, 0.5) is 10.8 Å². The molecule has 8 nitrogen and oxygen atoms in total. The molecule has 1 fully saturated rings. The number of carbonyl (C=O) groups is 1. The van der Waals surface area contributed by atoms with Crippen LogP contribution in [-0.4, -0.2) is 59.1 Å². The van der Waals surface area contributed by atoms with E-state index in [4.69, 9.17) is 9.72 Å². The Morgan fingerprint density at radius 1 is 1.39 bits per heavy atom. The van der Waals surface area contributed by atoms with Gasteiger partial charge in [-0.2, -0.15) is 0 Å². The van der Waals surface area contributed by atoms with Crippen molar-refractivity contribution in [3.8, 4) is 0 Å². The van der Waals surface area contributed by atoms with Crippen molar-refractivity contribution >= 4 is 28.1 Å². The van der Waals surface area contributed by atoms with E-state index in [1.807, 2.05) is 19.1 Å². The van der Waals surface area contributed by atoms with Gasteiger partial charge in [-0.25, -0.2) is 4.98 Å². The molecule has 2 aliphatic carbocycles. The van der Waals surface area contributed by atoms with Gasteiger partial charge in [0, 0.05) is 42.5 Å². The molecule has 0 bridgehead atoms. The van der Waals surface area contributed by atoms with E-state index in [9.17, 15) is 15.0 Å². The Labute approximate surface area is 198 Å². The monoisotopic (exact) mass is 474 g/mol. The SMILES string of the molecule is COCCNC(=O)C[C@@H]1c2nc(Nc3cccnc3)sc2C[C@@H]2[C@](C)(CO)[C@H](O)CC[C@]21C. The highest BCUT2D eigenvalue weighted by atomic mass is 32.1. The molecular weight excluding hydrogens is 440 g/mol. The molecule has 0 aromatic carbocycles. The number of amides is 1. The molecule has 2 aromatic rings. The highest BCUT2D eigenvalue weighted by Crippen LogP contribution is 2.62. The Kier molecular flexibility index (Phi) is 7.04. The third-order valence-corrected chi connectivity index (χ3v) is 8.83. The number of nitrogens with zero attached hydrogens (tertiary/aromatic N) is 2. The molecule has 0 spiro atoms. The van der Waals surface area contributed by atoms with Gasteiger partial charge in [-0.1, -0.05) is 13.8 Å². The molecule has 180 valence electrons. The van der Waals surface area contributed by atoms with Gasteiger partial charge < -0.3 is 25.6 Å². The topological polar surface area (TPSA) is 117 Å². The second kappa shape index (κ2) is 9.66. The van der Waals surface area contributed by atoms with Crippen molar-refractivity contribution in [2.24, 2.45) is 16.7 Å². The van der Waals surface area contributed by atoms with Crippen LogP contribution in [0.3, 0.4) is 0 Å². The summed E-state index contributed by atoms with van der Waals surface area (Å²) in [5.74, 6) is -0.0981. The highest BCUT2D eigenvalue weighted by Gasteiger charge is 2.59. The van der Waals surface area contributed by atoms with Gasteiger partial charge >= 0.3 is 0 Å². The van der Waals surface area contributed by atoms with Crippen molar-refractivity contribution in [2.75, 3.05) is 32.2 Å². The summed E-state index contributed by atoms with van der Waals surface area (Å²) >= 11 is 1.58. The van der Waals surface area contributed by atoms with Crippen LogP contribution in [0.25, 0.3) is 0 Å². The molecule has 0 saturated heterocycles. The summed E-state index contributed by atoms with van der Waals surface area (Å²) in [6.45, 7) is 5.03. The number of pyridine rings is 1.